The number of amides is 1. The van der Waals surface area contributed by atoms with Gasteiger partial charge in [0.05, 0.1) is 6.61 Å². The lowest BCUT2D eigenvalue weighted by molar-refractivity contribution is 0.100. The molecule has 0 aliphatic rings. The highest BCUT2D eigenvalue weighted by Gasteiger charge is 2.37. The number of aliphatic hydroxyl groups excluding tert-OH is 1. The maximum Gasteiger partial charge on any atom is 0.409 e. The van der Waals surface area contributed by atoms with Gasteiger partial charge in [0.1, 0.15) is 6.10 Å². The molecule has 1 aromatic rings. The number of hydrogen-bond acceptors (Lipinski definition) is 3. The van der Waals surface area contributed by atoms with E-state index >= 15 is 0 Å². The fourth-order valence-corrected chi connectivity index (χ4v) is 2.55. The van der Waals surface area contributed by atoms with Gasteiger partial charge in [-0.3, -0.25) is 5.32 Å². The zero-order chi connectivity index (χ0) is 16.3. The third kappa shape index (κ3) is 5.15. The molecule has 0 saturated carbocycles. The van der Waals surface area contributed by atoms with E-state index in [2.05, 4.69) is 39.2 Å². The molecule has 1 atom stereocenters. The number of rotatable bonds is 5. The van der Waals surface area contributed by atoms with Gasteiger partial charge >= 0.3 is 6.09 Å². The Balaban J connectivity index is 2.72. The topological polar surface area (TPSA) is 78.8 Å². The molecular weight excluding hydrogens is 286 g/mol. The fraction of sp³-hybridized carbons (Fsp3) is 0.533. The smallest absolute Gasteiger partial charge is 0.409 e. The molecule has 3 N–H and O–H groups in total. The minimum Gasteiger partial charge on any atom is -0.465 e. The molecule has 0 aromatic heterocycles. The van der Waals surface area contributed by atoms with E-state index in [4.69, 9.17) is 9.53 Å². The minimum absolute atomic E-state index is 0.0828. The molecule has 1 unspecified atom stereocenters. The molecule has 1 aromatic carbocycles. The maximum absolute atomic E-state index is 10.6. The molecule has 6 heteroatoms. The minimum atomic E-state index is -1.91. The Morgan fingerprint density at radius 3 is 2.52 bits per heavy atom. The van der Waals surface area contributed by atoms with Crippen LogP contribution < -0.4 is 5.32 Å². The van der Waals surface area contributed by atoms with Crippen molar-refractivity contribution in [1.29, 1.82) is 0 Å². The molecule has 1 amide bonds. The van der Waals surface area contributed by atoms with Crippen molar-refractivity contribution >= 4 is 20.1 Å². The summed E-state index contributed by atoms with van der Waals surface area (Å²) in [6, 6.07) is 6.72. The predicted octanol–water partition coefficient (Wildman–Crippen LogP) is 3.83. The first kappa shape index (κ1) is 17.7. The van der Waals surface area contributed by atoms with E-state index < -0.39 is 20.5 Å². The first-order chi connectivity index (χ1) is 9.53. The maximum atomic E-state index is 10.6. The van der Waals surface area contributed by atoms with Gasteiger partial charge < -0.3 is 14.6 Å². The van der Waals surface area contributed by atoms with Crippen LogP contribution in [-0.4, -0.2) is 31.2 Å². The number of benzene rings is 1. The van der Waals surface area contributed by atoms with Gasteiger partial charge in [0.2, 0.25) is 0 Å². The molecule has 0 radical (unpaired) electrons. The largest absolute Gasteiger partial charge is 0.465 e. The monoisotopic (exact) mass is 311 g/mol. The van der Waals surface area contributed by atoms with E-state index in [0.717, 1.165) is 0 Å². The Hall–Kier alpha value is -1.37. The molecule has 0 fully saturated rings. The van der Waals surface area contributed by atoms with Crippen molar-refractivity contribution in [3.05, 3.63) is 29.8 Å². The Morgan fingerprint density at radius 1 is 1.38 bits per heavy atom. The molecule has 118 valence electrons. The van der Waals surface area contributed by atoms with Crippen molar-refractivity contribution < 1.29 is 19.4 Å². The zero-order valence-electron chi connectivity index (χ0n) is 13.3. The third-order valence-corrected chi connectivity index (χ3v) is 8.43. The summed E-state index contributed by atoms with van der Waals surface area (Å²) in [5, 5.41) is 21.3. The average molecular weight is 311 g/mol. The van der Waals surface area contributed by atoms with E-state index in [1.54, 1.807) is 24.3 Å². The molecule has 0 aliphatic heterocycles. The fourth-order valence-electron chi connectivity index (χ4n) is 1.55. The van der Waals surface area contributed by atoms with Gasteiger partial charge in [-0.25, -0.2) is 4.79 Å². The molecule has 21 heavy (non-hydrogen) atoms. The Labute approximate surface area is 127 Å². The van der Waals surface area contributed by atoms with Crippen molar-refractivity contribution in [2.24, 2.45) is 0 Å². The lowest BCUT2D eigenvalue weighted by atomic mass is 10.1. The molecular formula is C15H25NO4Si. The zero-order valence-corrected chi connectivity index (χ0v) is 14.3. The molecule has 0 spiro atoms. The van der Waals surface area contributed by atoms with E-state index in [1.807, 2.05) is 0 Å². The predicted molar refractivity (Wildman–Crippen MR) is 86.2 cm³/mol. The number of aliphatic hydroxyl groups is 1. The van der Waals surface area contributed by atoms with E-state index in [-0.39, 0.29) is 11.6 Å². The standard InChI is InChI=1S/C15H25NO4Si/c1-15(2,3)21(4,5)20-10-13(17)11-7-6-8-12(9-11)16-14(18)19/h6-9,13,16-17H,10H2,1-5H3,(H,18,19). The van der Waals surface area contributed by atoms with E-state index in [1.165, 1.54) is 0 Å². The van der Waals surface area contributed by atoms with Crippen LogP contribution in [0.2, 0.25) is 18.1 Å². The summed E-state index contributed by atoms with van der Waals surface area (Å²) in [4.78, 5) is 10.6. The van der Waals surface area contributed by atoms with Crippen LogP contribution in [0, 0.1) is 0 Å². The van der Waals surface area contributed by atoms with E-state index in [9.17, 15) is 9.90 Å². The Morgan fingerprint density at radius 2 is 2.00 bits per heavy atom. The SMILES string of the molecule is CC(C)(C)[Si](C)(C)OCC(O)c1cccc(NC(=O)O)c1. The van der Waals surface area contributed by atoms with Crippen LogP contribution in [0.3, 0.4) is 0 Å². The quantitative estimate of drug-likeness (QED) is 0.722. The van der Waals surface area contributed by atoms with Crippen molar-refractivity contribution in [3.63, 3.8) is 0 Å². The molecule has 0 saturated heterocycles. The Bertz CT molecular complexity index is 497. The summed E-state index contributed by atoms with van der Waals surface area (Å²) in [6.45, 7) is 10.9. The molecule has 0 aliphatic carbocycles. The summed E-state index contributed by atoms with van der Waals surface area (Å²) >= 11 is 0. The highest BCUT2D eigenvalue weighted by atomic mass is 28.4. The number of anilines is 1. The number of nitrogens with one attached hydrogen (secondary N) is 1. The molecule has 5 nitrogen and oxygen atoms in total. The van der Waals surface area contributed by atoms with Crippen LogP contribution in [0.25, 0.3) is 0 Å². The van der Waals surface area contributed by atoms with Gasteiger partial charge in [-0.05, 0) is 35.8 Å². The third-order valence-electron chi connectivity index (χ3n) is 3.93. The molecule has 0 heterocycles. The van der Waals surface area contributed by atoms with Gasteiger partial charge in [0.15, 0.2) is 8.32 Å². The van der Waals surface area contributed by atoms with Crippen LogP contribution in [0.5, 0.6) is 0 Å². The van der Waals surface area contributed by atoms with E-state index in [0.29, 0.717) is 11.3 Å². The van der Waals surface area contributed by atoms with Crippen molar-refractivity contribution in [2.45, 2.75) is 45.0 Å². The second-order valence-electron chi connectivity index (χ2n) is 6.64. The molecule has 0 bridgehead atoms. The van der Waals surface area contributed by atoms with Crippen LogP contribution in [0.15, 0.2) is 24.3 Å². The van der Waals surface area contributed by atoms with Crippen LogP contribution >= 0.6 is 0 Å². The number of hydrogen-bond donors (Lipinski definition) is 3. The van der Waals surface area contributed by atoms with Crippen molar-refractivity contribution in [1.82, 2.24) is 0 Å². The second kappa shape index (κ2) is 6.59. The highest BCUT2D eigenvalue weighted by Crippen LogP contribution is 2.37. The van der Waals surface area contributed by atoms with Crippen LogP contribution in [0.4, 0.5) is 10.5 Å². The summed E-state index contributed by atoms with van der Waals surface area (Å²) in [5.41, 5.74) is 1.08. The normalized spacial score (nSPS) is 13.8. The van der Waals surface area contributed by atoms with Crippen molar-refractivity contribution in [3.8, 4) is 0 Å². The molecule has 1 rings (SSSR count). The summed E-state index contributed by atoms with van der Waals surface area (Å²) in [6.07, 6.45) is -1.89. The van der Waals surface area contributed by atoms with Crippen LogP contribution in [-0.2, 0) is 4.43 Å². The van der Waals surface area contributed by atoms with Gasteiger partial charge in [-0.15, -0.1) is 0 Å². The van der Waals surface area contributed by atoms with Crippen molar-refractivity contribution in [2.75, 3.05) is 11.9 Å². The van der Waals surface area contributed by atoms with Crippen LogP contribution in [0.1, 0.15) is 32.4 Å². The summed E-state index contributed by atoms with van der Waals surface area (Å²) < 4.78 is 5.98. The van der Waals surface area contributed by atoms with Gasteiger partial charge in [-0.2, -0.15) is 0 Å². The number of carbonyl (C=O) groups is 1. The summed E-state index contributed by atoms with van der Waals surface area (Å²) in [5.74, 6) is 0. The highest BCUT2D eigenvalue weighted by molar-refractivity contribution is 6.74. The average Bonchev–Trinajstić information content (AvgIpc) is 2.34. The van der Waals surface area contributed by atoms with Gasteiger partial charge in [0, 0.05) is 5.69 Å². The summed E-state index contributed by atoms with van der Waals surface area (Å²) in [7, 11) is -1.91. The number of carboxylic acid groups (broad SMARTS) is 1. The first-order valence-corrected chi connectivity index (χ1v) is 9.86. The van der Waals surface area contributed by atoms with Gasteiger partial charge in [-0.1, -0.05) is 32.9 Å². The lowest BCUT2D eigenvalue weighted by Crippen LogP contribution is -2.41. The first-order valence-electron chi connectivity index (χ1n) is 6.95. The Kier molecular flexibility index (Phi) is 5.55. The van der Waals surface area contributed by atoms with Gasteiger partial charge in [0.25, 0.3) is 0 Å². The second-order valence-corrected chi connectivity index (χ2v) is 11.5. The lowest BCUT2D eigenvalue weighted by Gasteiger charge is -2.36.